The summed E-state index contributed by atoms with van der Waals surface area (Å²) in [5.41, 5.74) is 0. The zero-order valence-electron chi connectivity index (χ0n) is 16.2. The highest BCUT2D eigenvalue weighted by molar-refractivity contribution is 7.99. The summed E-state index contributed by atoms with van der Waals surface area (Å²) in [6.07, 6.45) is 14.9. The summed E-state index contributed by atoms with van der Waals surface area (Å²) >= 11 is 2.04. The van der Waals surface area contributed by atoms with Crippen LogP contribution in [-0.2, 0) is 14.3 Å². The van der Waals surface area contributed by atoms with E-state index in [9.17, 15) is 4.79 Å². The Morgan fingerprint density at radius 1 is 1.15 bits per heavy atom. The van der Waals surface area contributed by atoms with Gasteiger partial charge < -0.3 is 14.6 Å². The maximum atomic E-state index is 10.5. The summed E-state index contributed by atoms with van der Waals surface area (Å²) < 4.78 is 11.8. The second-order valence-corrected chi connectivity index (χ2v) is 8.64. The van der Waals surface area contributed by atoms with E-state index < -0.39 is 5.97 Å². The average Bonchev–Trinajstić information content (AvgIpc) is 3.22. The number of carboxylic acids is 1. The molecular formula is C21H36O4S. The molecule has 2 bridgehead atoms. The lowest BCUT2D eigenvalue weighted by Gasteiger charge is -2.27. The molecule has 0 aromatic heterocycles. The van der Waals surface area contributed by atoms with Crippen molar-refractivity contribution in [3.05, 3.63) is 12.2 Å². The van der Waals surface area contributed by atoms with Crippen LogP contribution in [-0.4, -0.2) is 48.0 Å². The fourth-order valence-corrected chi connectivity index (χ4v) is 5.07. The molecule has 150 valence electrons. The highest BCUT2D eigenvalue weighted by atomic mass is 32.2. The first kappa shape index (κ1) is 21.8. The number of aliphatic carboxylic acids is 1. The molecule has 2 fully saturated rings. The van der Waals surface area contributed by atoms with Crippen molar-refractivity contribution in [3.8, 4) is 0 Å². The lowest BCUT2D eigenvalue weighted by atomic mass is 9.76. The molecular weight excluding hydrogens is 348 g/mol. The van der Waals surface area contributed by atoms with Crippen LogP contribution in [0.25, 0.3) is 0 Å². The maximum absolute atomic E-state index is 10.5. The fourth-order valence-electron chi connectivity index (χ4n) is 4.20. The molecule has 0 saturated carbocycles. The number of hydrogen-bond acceptors (Lipinski definition) is 4. The van der Waals surface area contributed by atoms with Gasteiger partial charge in [0.25, 0.3) is 0 Å². The normalized spacial score (nSPS) is 27.6. The van der Waals surface area contributed by atoms with Crippen molar-refractivity contribution in [2.75, 3.05) is 24.7 Å². The lowest BCUT2D eigenvalue weighted by Crippen LogP contribution is -2.28. The topological polar surface area (TPSA) is 55.8 Å². The van der Waals surface area contributed by atoms with E-state index in [4.69, 9.17) is 14.6 Å². The first-order chi connectivity index (χ1) is 12.7. The minimum Gasteiger partial charge on any atom is -0.481 e. The van der Waals surface area contributed by atoms with Crippen molar-refractivity contribution in [2.24, 2.45) is 11.8 Å². The van der Waals surface area contributed by atoms with Gasteiger partial charge in [-0.05, 0) is 56.1 Å². The second kappa shape index (κ2) is 12.8. The van der Waals surface area contributed by atoms with Crippen LogP contribution in [0.5, 0.6) is 0 Å². The van der Waals surface area contributed by atoms with Crippen LogP contribution in [0.2, 0.25) is 0 Å². The molecule has 1 N–H and O–H groups in total. The van der Waals surface area contributed by atoms with Gasteiger partial charge >= 0.3 is 5.97 Å². The van der Waals surface area contributed by atoms with Gasteiger partial charge in [0.1, 0.15) is 0 Å². The summed E-state index contributed by atoms with van der Waals surface area (Å²) in [4.78, 5) is 10.5. The molecule has 0 spiro atoms. The Morgan fingerprint density at radius 3 is 2.65 bits per heavy atom. The van der Waals surface area contributed by atoms with E-state index in [-0.39, 0.29) is 6.42 Å². The summed E-state index contributed by atoms with van der Waals surface area (Å²) in [5, 5.41) is 8.65. The number of ether oxygens (including phenoxy) is 2. The Balaban J connectivity index is 1.58. The standard InChI is InChI=1S/C21H36O4S/c1-2-3-4-5-6-15-26-16-12-18-17(19-9-10-20(18)25-19)11-14-24-13-7-8-21(22)23/h5-6,17-20H,2-4,7-16H2,1H3,(H,22,23)/t17-,18+,19-,20+/m0/s1. The largest absolute Gasteiger partial charge is 0.481 e. The third kappa shape index (κ3) is 7.61. The molecule has 0 aliphatic carbocycles. The van der Waals surface area contributed by atoms with E-state index in [0.717, 1.165) is 18.8 Å². The summed E-state index contributed by atoms with van der Waals surface area (Å²) in [5.74, 6) is 2.92. The number of rotatable bonds is 15. The van der Waals surface area contributed by atoms with Crippen LogP contribution < -0.4 is 0 Å². The van der Waals surface area contributed by atoms with Gasteiger partial charge in [-0.2, -0.15) is 11.8 Å². The van der Waals surface area contributed by atoms with Crippen LogP contribution in [0.15, 0.2) is 12.2 Å². The quantitative estimate of drug-likeness (QED) is 0.321. The van der Waals surface area contributed by atoms with Crippen molar-refractivity contribution in [3.63, 3.8) is 0 Å². The van der Waals surface area contributed by atoms with Crippen LogP contribution in [0.3, 0.4) is 0 Å². The molecule has 2 aliphatic rings. The Kier molecular flexibility index (Phi) is 10.7. The Morgan fingerprint density at radius 2 is 1.92 bits per heavy atom. The predicted molar refractivity (Wildman–Crippen MR) is 108 cm³/mol. The highest BCUT2D eigenvalue weighted by Crippen LogP contribution is 2.46. The van der Waals surface area contributed by atoms with E-state index in [2.05, 4.69) is 19.1 Å². The number of thioether (sulfide) groups is 1. The monoisotopic (exact) mass is 384 g/mol. The second-order valence-electron chi connectivity index (χ2n) is 7.49. The fraction of sp³-hybridized carbons (Fsp3) is 0.857. The molecule has 4 nitrogen and oxygen atoms in total. The number of carbonyl (C=O) groups is 1. The van der Waals surface area contributed by atoms with Crippen molar-refractivity contribution in [1.82, 2.24) is 0 Å². The first-order valence-electron chi connectivity index (χ1n) is 10.4. The zero-order chi connectivity index (χ0) is 18.6. The minimum absolute atomic E-state index is 0.198. The molecule has 2 aliphatic heterocycles. The minimum atomic E-state index is -0.743. The van der Waals surface area contributed by atoms with Gasteiger partial charge in [-0.15, -0.1) is 0 Å². The number of fused-ring (bicyclic) bond motifs is 2. The molecule has 0 aromatic carbocycles. The Hall–Kier alpha value is -0.520. The lowest BCUT2D eigenvalue weighted by molar-refractivity contribution is -0.137. The van der Waals surface area contributed by atoms with E-state index in [0.29, 0.717) is 37.1 Å². The van der Waals surface area contributed by atoms with Crippen molar-refractivity contribution in [1.29, 1.82) is 0 Å². The number of allylic oxidation sites excluding steroid dienone is 1. The van der Waals surface area contributed by atoms with Gasteiger partial charge in [0, 0.05) is 25.4 Å². The van der Waals surface area contributed by atoms with Gasteiger partial charge in [0.05, 0.1) is 12.2 Å². The average molecular weight is 385 g/mol. The van der Waals surface area contributed by atoms with Crippen molar-refractivity contribution in [2.45, 2.75) is 76.9 Å². The summed E-state index contributed by atoms with van der Waals surface area (Å²) in [6.45, 7) is 3.52. The summed E-state index contributed by atoms with van der Waals surface area (Å²) in [7, 11) is 0. The zero-order valence-corrected chi connectivity index (χ0v) is 17.1. The first-order valence-corrected chi connectivity index (χ1v) is 11.6. The number of carboxylic acid groups (broad SMARTS) is 1. The maximum Gasteiger partial charge on any atom is 0.303 e. The molecule has 2 rings (SSSR count). The summed E-state index contributed by atoms with van der Waals surface area (Å²) in [6, 6.07) is 0. The Bertz CT molecular complexity index is 426. The molecule has 0 radical (unpaired) electrons. The number of hydrogen-bond donors (Lipinski definition) is 1. The van der Waals surface area contributed by atoms with Gasteiger partial charge in [0.15, 0.2) is 0 Å². The molecule has 2 heterocycles. The predicted octanol–water partition coefficient (Wildman–Crippen LogP) is 4.92. The third-order valence-electron chi connectivity index (χ3n) is 5.57. The molecule has 0 unspecified atom stereocenters. The van der Waals surface area contributed by atoms with Crippen LogP contribution in [0, 0.1) is 11.8 Å². The molecule has 2 saturated heterocycles. The van der Waals surface area contributed by atoms with Gasteiger partial charge in [0.2, 0.25) is 0 Å². The van der Waals surface area contributed by atoms with E-state index in [1.54, 1.807) is 0 Å². The number of unbranched alkanes of at least 4 members (excludes halogenated alkanes) is 2. The Labute approximate surface area is 163 Å². The SMILES string of the molecule is CCCCC=CCSCC[C@@H]1[C@H](CCOCCCC(=O)O)[C@@H]2CC[C@H]1O2. The van der Waals surface area contributed by atoms with Gasteiger partial charge in [-0.25, -0.2) is 0 Å². The van der Waals surface area contributed by atoms with Gasteiger partial charge in [-0.1, -0.05) is 31.9 Å². The molecule has 0 amide bonds. The van der Waals surface area contributed by atoms with Crippen LogP contribution in [0.4, 0.5) is 0 Å². The van der Waals surface area contributed by atoms with Crippen LogP contribution >= 0.6 is 11.8 Å². The highest BCUT2D eigenvalue weighted by Gasteiger charge is 2.47. The van der Waals surface area contributed by atoms with E-state index in [1.807, 2.05) is 11.8 Å². The van der Waals surface area contributed by atoms with E-state index in [1.165, 1.54) is 44.3 Å². The molecule has 0 aromatic rings. The molecule has 26 heavy (non-hydrogen) atoms. The smallest absolute Gasteiger partial charge is 0.303 e. The van der Waals surface area contributed by atoms with Crippen molar-refractivity contribution >= 4 is 17.7 Å². The van der Waals surface area contributed by atoms with E-state index >= 15 is 0 Å². The van der Waals surface area contributed by atoms with Crippen LogP contribution in [0.1, 0.15) is 64.7 Å². The van der Waals surface area contributed by atoms with Crippen molar-refractivity contribution < 1.29 is 19.4 Å². The third-order valence-corrected chi connectivity index (χ3v) is 6.52. The molecule has 4 atom stereocenters. The van der Waals surface area contributed by atoms with Gasteiger partial charge in [-0.3, -0.25) is 4.79 Å². The molecule has 5 heteroatoms.